The zero-order chi connectivity index (χ0) is 16.2. The topological polar surface area (TPSA) is 75.9 Å². The molecule has 0 amide bonds. The number of methoxy groups -OCH3 is 1. The van der Waals surface area contributed by atoms with Gasteiger partial charge in [-0.25, -0.2) is 4.79 Å². The van der Waals surface area contributed by atoms with Crippen molar-refractivity contribution in [1.82, 2.24) is 9.97 Å². The molecule has 5 nitrogen and oxygen atoms in total. The lowest BCUT2D eigenvalue weighted by atomic mass is 9.95. The van der Waals surface area contributed by atoms with Gasteiger partial charge in [-0.3, -0.25) is 9.97 Å². The molecule has 112 valence electrons. The molecule has 0 aliphatic rings. The molecule has 0 radical (unpaired) electrons. The highest BCUT2D eigenvalue weighted by Crippen LogP contribution is 2.29. The van der Waals surface area contributed by atoms with Crippen molar-refractivity contribution in [3.8, 4) is 6.07 Å². The number of carbonyl (C=O) groups excluding carboxylic acids is 1. The normalized spacial score (nSPS) is 11.7. The lowest BCUT2D eigenvalue weighted by molar-refractivity contribution is 0.0602. The summed E-state index contributed by atoms with van der Waals surface area (Å²) >= 11 is 0. The molecular weight excluding hydrogens is 290 g/mol. The molecule has 2 heterocycles. The second-order valence-corrected chi connectivity index (χ2v) is 4.91. The SMILES string of the molecule is COC(=O)c1cnc([C@H](C#N)c2ccccn2)c2ccccc12. The highest BCUT2D eigenvalue weighted by Gasteiger charge is 2.21. The van der Waals surface area contributed by atoms with Crippen LogP contribution in [0.25, 0.3) is 10.8 Å². The van der Waals surface area contributed by atoms with Gasteiger partial charge >= 0.3 is 5.97 Å². The second-order valence-electron chi connectivity index (χ2n) is 4.91. The van der Waals surface area contributed by atoms with Gasteiger partial charge in [0.15, 0.2) is 0 Å². The van der Waals surface area contributed by atoms with E-state index in [-0.39, 0.29) is 0 Å². The van der Waals surface area contributed by atoms with Crippen LogP contribution in [0.5, 0.6) is 0 Å². The van der Waals surface area contributed by atoms with Gasteiger partial charge in [-0.05, 0) is 17.5 Å². The smallest absolute Gasteiger partial charge is 0.340 e. The highest BCUT2D eigenvalue weighted by atomic mass is 16.5. The zero-order valence-corrected chi connectivity index (χ0v) is 12.4. The van der Waals surface area contributed by atoms with Gasteiger partial charge in [0.2, 0.25) is 0 Å². The molecule has 1 aromatic carbocycles. The molecule has 1 atom stereocenters. The number of esters is 1. The van der Waals surface area contributed by atoms with Crippen LogP contribution in [0.15, 0.2) is 54.9 Å². The summed E-state index contributed by atoms with van der Waals surface area (Å²) in [6.07, 6.45) is 3.10. The van der Waals surface area contributed by atoms with Crippen molar-refractivity contribution in [1.29, 1.82) is 5.26 Å². The van der Waals surface area contributed by atoms with Crippen LogP contribution in [0.1, 0.15) is 27.7 Å². The van der Waals surface area contributed by atoms with E-state index in [1.54, 1.807) is 18.3 Å². The van der Waals surface area contributed by atoms with Crippen LogP contribution in [0, 0.1) is 11.3 Å². The third-order valence-corrected chi connectivity index (χ3v) is 3.62. The van der Waals surface area contributed by atoms with Crippen LogP contribution in [0.4, 0.5) is 0 Å². The van der Waals surface area contributed by atoms with Crippen LogP contribution >= 0.6 is 0 Å². The molecule has 5 heteroatoms. The predicted octanol–water partition coefficient (Wildman–Crippen LogP) is 3.07. The third-order valence-electron chi connectivity index (χ3n) is 3.62. The number of rotatable bonds is 3. The Bertz CT molecular complexity index is 901. The molecule has 23 heavy (non-hydrogen) atoms. The summed E-state index contributed by atoms with van der Waals surface area (Å²) in [5.41, 5.74) is 1.58. The summed E-state index contributed by atoms with van der Waals surface area (Å²) in [7, 11) is 1.33. The maximum atomic E-state index is 11.9. The third kappa shape index (κ3) is 2.62. The zero-order valence-electron chi connectivity index (χ0n) is 12.4. The van der Waals surface area contributed by atoms with Gasteiger partial charge in [0.25, 0.3) is 0 Å². The number of hydrogen-bond donors (Lipinski definition) is 0. The van der Waals surface area contributed by atoms with Gasteiger partial charge < -0.3 is 4.74 Å². The maximum Gasteiger partial charge on any atom is 0.340 e. The van der Waals surface area contributed by atoms with Gasteiger partial charge in [-0.2, -0.15) is 5.26 Å². The first kappa shape index (κ1) is 14.7. The van der Waals surface area contributed by atoms with E-state index < -0.39 is 11.9 Å². The average Bonchev–Trinajstić information content (AvgIpc) is 2.62. The second kappa shape index (κ2) is 6.24. The summed E-state index contributed by atoms with van der Waals surface area (Å²) in [5, 5.41) is 11.0. The molecule has 0 aliphatic heterocycles. The van der Waals surface area contributed by atoms with Crippen LogP contribution in [0.2, 0.25) is 0 Å². The molecular formula is C18H13N3O2. The van der Waals surface area contributed by atoms with E-state index in [1.165, 1.54) is 13.3 Å². The van der Waals surface area contributed by atoms with E-state index in [9.17, 15) is 10.1 Å². The molecule has 0 unspecified atom stereocenters. The van der Waals surface area contributed by atoms with Crippen molar-refractivity contribution < 1.29 is 9.53 Å². The van der Waals surface area contributed by atoms with Gasteiger partial charge in [-0.15, -0.1) is 0 Å². The predicted molar refractivity (Wildman–Crippen MR) is 84.8 cm³/mol. The number of fused-ring (bicyclic) bond motifs is 1. The Morgan fingerprint density at radius 3 is 2.52 bits per heavy atom. The Morgan fingerprint density at radius 1 is 1.13 bits per heavy atom. The first-order chi connectivity index (χ1) is 11.3. The lowest BCUT2D eigenvalue weighted by Gasteiger charge is -2.13. The Kier molecular flexibility index (Phi) is 3.98. The number of aromatic nitrogens is 2. The number of nitriles is 1. The monoisotopic (exact) mass is 303 g/mol. The Balaban J connectivity index is 2.23. The Morgan fingerprint density at radius 2 is 1.87 bits per heavy atom. The number of nitrogens with zero attached hydrogens (tertiary/aromatic N) is 3. The van der Waals surface area contributed by atoms with Gasteiger partial charge in [-0.1, -0.05) is 30.3 Å². The molecule has 0 saturated carbocycles. The molecule has 0 bridgehead atoms. The average molecular weight is 303 g/mol. The van der Waals surface area contributed by atoms with Gasteiger partial charge in [0.05, 0.1) is 30.1 Å². The van der Waals surface area contributed by atoms with E-state index in [1.807, 2.05) is 30.3 Å². The maximum absolute atomic E-state index is 11.9. The molecule has 3 aromatic rings. The Labute approximate surface area is 133 Å². The minimum absolute atomic E-state index is 0.379. The first-order valence-corrected chi connectivity index (χ1v) is 7.02. The van der Waals surface area contributed by atoms with Crippen molar-refractivity contribution in [2.45, 2.75) is 5.92 Å². The number of carbonyl (C=O) groups is 1. The van der Waals surface area contributed by atoms with Crippen molar-refractivity contribution in [3.05, 3.63) is 71.8 Å². The minimum atomic E-state index is -0.604. The fourth-order valence-electron chi connectivity index (χ4n) is 2.53. The van der Waals surface area contributed by atoms with Gasteiger partial charge in [0.1, 0.15) is 5.92 Å². The molecule has 3 rings (SSSR count). The van der Waals surface area contributed by atoms with E-state index in [0.717, 1.165) is 5.39 Å². The standard InChI is InChI=1S/C18H13N3O2/c1-23-18(22)15-11-21-17(13-7-3-2-6-12(13)15)14(10-19)16-8-4-5-9-20-16/h2-9,11,14H,1H3/t14-/m1/s1. The molecule has 0 fully saturated rings. The summed E-state index contributed by atoms with van der Waals surface area (Å²) in [5.74, 6) is -1.06. The van der Waals surface area contributed by atoms with Crippen LogP contribution in [-0.4, -0.2) is 23.0 Å². The molecule has 0 N–H and O–H groups in total. The fraction of sp³-hybridized carbons (Fsp3) is 0.111. The summed E-state index contributed by atoms with van der Waals surface area (Å²) in [6.45, 7) is 0. The molecule has 0 aliphatic carbocycles. The lowest BCUT2D eigenvalue weighted by Crippen LogP contribution is -2.08. The van der Waals surface area contributed by atoms with E-state index in [2.05, 4.69) is 16.0 Å². The number of hydrogen-bond acceptors (Lipinski definition) is 5. The number of benzene rings is 1. The summed E-state index contributed by atoms with van der Waals surface area (Å²) in [4.78, 5) is 20.5. The Hall–Kier alpha value is -3.26. The quantitative estimate of drug-likeness (QED) is 0.695. The van der Waals surface area contributed by atoms with Crippen molar-refractivity contribution >= 4 is 16.7 Å². The van der Waals surface area contributed by atoms with Crippen LogP contribution < -0.4 is 0 Å². The molecule has 0 spiro atoms. The van der Waals surface area contributed by atoms with E-state index in [4.69, 9.17) is 4.74 Å². The largest absolute Gasteiger partial charge is 0.465 e. The van der Waals surface area contributed by atoms with Crippen molar-refractivity contribution in [3.63, 3.8) is 0 Å². The molecule has 2 aromatic heterocycles. The fourth-order valence-corrected chi connectivity index (χ4v) is 2.53. The van der Waals surface area contributed by atoms with Crippen LogP contribution in [0.3, 0.4) is 0 Å². The van der Waals surface area contributed by atoms with E-state index in [0.29, 0.717) is 22.3 Å². The summed E-state index contributed by atoms with van der Waals surface area (Å²) < 4.78 is 4.80. The first-order valence-electron chi connectivity index (χ1n) is 7.02. The highest BCUT2D eigenvalue weighted by molar-refractivity contribution is 6.04. The minimum Gasteiger partial charge on any atom is -0.465 e. The van der Waals surface area contributed by atoms with Gasteiger partial charge in [0, 0.05) is 17.8 Å². The number of ether oxygens (including phenoxy) is 1. The van der Waals surface area contributed by atoms with Crippen molar-refractivity contribution in [2.75, 3.05) is 7.11 Å². The van der Waals surface area contributed by atoms with E-state index >= 15 is 0 Å². The van der Waals surface area contributed by atoms with Crippen molar-refractivity contribution in [2.24, 2.45) is 0 Å². The van der Waals surface area contributed by atoms with Crippen LogP contribution in [-0.2, 0) is 4.74 Å². The molecule has 0 saturated heterocycles. The number of pyridine rings is 2. The summed E-state index contributed by atoms with van der Waals surface area (Å²) in [6, 6.07) is 15.0.